The Bertz CT molecular complexity index is 389. The van der Waals surface area contributed by atoms with Crippen LogP contribution >= 0.6 is 11.8 Å². The van der Waals surface area contributed by atoms with E-state index in [1.165, 1.54) is 24.8 Å². The molecule has 0 saturated carbocycles. The zero-order valence-corrected chi connectivity index (χ0v) is 12.0. The van der Waals surface area contributed by atoms with E-state index in [-0.39, 0.29) is 0 Å². The molecule has 1 heterocycles. The Morgan fingerprint density at radius 1 is 1.33 bits per heavy atom. The van der Waals surface area contributed by atoms with Gasteiger partial charge in [0.15, 0.2) is 5.17 Å². The van der Waals surface area contributed by atoms with Crippen LogP contribution in [0, 0.1) is 0 Å². The van der Waals surface area contributed by atoms with Crippen molar-refractivity contribution in [3.63, 3.8) is 0 Å². The van der Waals surface area contributed by atoms with Crippen LogP contribution in [0.5, 0.6) is 0 Å². The van der Waals surface area contributed by atoms with E-state index in [1.54, 1.807) is 0 Å². The number of aliphatic imine (C=N–C) groups is 1. The molecule has 1 aliphatic heterocycles. The molecule has 2 unspecified atom stereocenters. The highest BCUT2D eigenvalue weighted by molar-refractivity contribution is 8.14. The lowest BCUT2D eigenvalue weighted by Crippen LogP contribution is -2.31. The summed E-state index contributed by atoms with van der Waals surface area (Å²) < 4.78 is 0. The molecule has 1 aromatic rings. The van der Waals surface area contributed by atoms with Crippen molar-refractivity contribution in [3.05, 3.63) is 35.9 Å². The summed E-state index contributed by atoms with van der Waals surface area (Å²) in [5.41, 5.74) is 1.32. The molecule has 3 heteroatoms. The average molecular weight is 262 g/mol. The van der Waals surface area contributed by atoms with Crippen LogP contribution in [0.2, 0.25) is 0 Å². The fourth-order valence-electron chi connectivity index (χ4n) is 2.20. The monoisotopic (exact) mass is 262 g/mol. The van der Waals surface area contributed by atoms with Gasteiger partial charge in [0.1, 0.15) is 0 Å². The predicted octanol–water partition coefficient (Wildman–Crippen LogP) is 4.00. The summed E-state index contributed by atoms with van der Waals surface area (Å²) in [7, 11) is 0. The van der Waals surface area contributed by atoms with E-state index >= 15 is 0 Å². The van der Waals surface area contributed by atoms with Gasteiger partial charge in [0.05, 0.1) is 6.04 Å². The first-order chi connectivity index (χ1) is 8.83. The maximum absolute atomic E-state index is 4.80. The highest BCUT2D eigenvalue weighted by Gasteiger charge is 2.20. The third kappa shape index (κ3) is 3.52. The molecule has 1 N–H and O–H groups in total. The van der Waals surface area contributed by atoms with Gasteiger partial charge in [0, 0.05) is 11.8 Å². The second kappa shape index (κ2) is 6.83. The van der Waals surface area contributed by atoms with Gasteiger partial charge < -0.3 is 5.32 Å². The number of thioether (sulfide) groups is 1. The number of nitrogens with one attached hydrogen (secondary N) is 1. The Balaban J connectivity index is 1.96. The minimum atomic E-state index is 0.331. The lowest BCUT2D eigenvalue weighted by Gasteiger charge is -2.16. The van der Waals surface area contributed by atoms with Crippen molar-refractivity contribution in [2.45, 2.75) is 45.2 Å². The van der Waals surface area contributed by atoms with Crippen LogP contribution in [0.1, 0.15) is 44.7 Å². The zero-order chi connectivity index (χ0) is 12.8. The molecule has 0 aromatic heterocycles. The van der Waals surface area contributed by atoms with Crippen LogP contribution in [-0.4, -0.2) is 17.0 Å². The summed E-state index contributed by atoms with van der Waals surface area (Å²) >= 11 is 1.85. The Kier molecular flexibility index (Phi) is 5.12. The van der Waals surface area contributed by atoms with Crippen LogP contribution in [0.3, 0.4) is 0 Å². The smallest absolute Gasteiger partial charge is 0.157 e. The number of amidine groups is 1. The molecule has 2 nitrogen and oxygen atoms in total. The van der Waals surface area contributed by atoms with Crippen molar-refractivity contribution in [1.29, 1.82) is 0 Å². The van der Waals surface area contributed by atoms with Crippen molar-refractivity contribution in [2.75, 3.05) is 5.75 Å². The van der Waals surface area contributed by atoms with Gasteiger partial charge in [-0.1, -0.05) is 62.4 Å². The summed E-state index contributed by atoms with van der Waals surface area (Å²) in [4.78, 5) is 4.80. The number of nitrogens with zero attached hydrogens (tertiary/aromatic N) is 1. The van der Waals surface area contributed by atoms with E-state index in [4.69, 9.17) is 4.99 Å². The van der Waals surface area contributed by atoms with Crippen molar-refractivity contribution in [2.24, 2.45) is 4.99 Å². The van der Waals surface area contributed by atoms with E-state index in [1.807, 2.05) is 11.8 Å². The van der Waals surface area contributed by atoms with E-state index in [0.717, 1.165) is 10.9 Å². The van der Waals surface area contributed by atoms with Gasteiger partial charge in [0.2, 0.25) is 0 Å². The van der Waals surface area contributed by atoms with Crippen LogP contribution in [0.25, 0.3) is 0 Å². The van der Waals surface area contributed by atoms with Crippen LogP contribution in [0.4, 0.5) is 0 Å². The molecule has 0 aliphatic carbocycles. The van der Waals surface area contributed by atoms with E-state index in [9.17, 15) is 0 Å². The lowest BCUT2D eigenvalue weighted by atomic mass is 10.1. The number of hydrogen-bond donors (Lipinski definition) is 1. The topological polar surface area (TPSA) is 24.4 Å². The first-order valence-electron chi connectivity index (χ1n) is 6.85. The normalized spacial score (nSPS) is 20.6. The van der Waals surface area contributed by atoms with Crippen LogP contribution < -0.4 is 5.32 Å². The second-order valence-corrected chi connectivity index (χ2v) is 5.72. The molecule has 0 amide bonds. The molecule has 0 fully saturated rings. The summed E-state index contributed by atoms with van der Waals surface area (Å²) in [6, 6.07) is 11.5. The Labute approximate surface area is 114 Å². The van der Waals surface area contributed by atoms with Crippen LogP contribution in [0.15, 0.2) is 35.3 Å². The molecule has 1 aromatic carbocycles. The lowest BCUT2D eigenvalue weighted by molar-refractivity contribution is 0.539. The largest absolute Gasteiger partial charge is 0.362 e. The number of hydrogen-bond acceptors (Lipinski definition) is 3. The minimum absolute atomic E-state index is 0.331. The fraction of sp³-hybridized carbons (Fsp3) is 0.533. The van der Waals surface area contributed by atoms with Crippen molar-refractivity contribution in [3.8, 4) is 0 Å². The molecular formula is C15H22N2S. The molecule has 1 aliphatic rings. The fourth-order valence-corrected chi connectivity index (χ4v) is 3.23. The SMILES string of the molecule is CCCC(CC)NC1=NC(c2ccccc2)CS1. The molecule has 18 heavy (non-hydrogen) atoms. The average Bonchev–Trinajstić information content (AvgIpc) is 2.88. The third-order valence-corrected chi connectivity index (χ3v) is 4.27. The van der Waals surface area contributed by atoms with Gasteiger partial charge in [-0.2, -0.15) is 0 Å². The van der Waals surface area contributed by atoms with Gasteiger partial charge in [-0.25, -0.2) is 0 Å². The van der Waals surface area contributed by atoms with Crippen LogP contribution in [-0.2, 0) is 0 Å². The maximum Gasteiger partial charge on any atom is 0.157 e. The quantitative estimate of drug-likeness (QED) is 0.867. The molecule has 98 valence electrons. The molecule has 0 bridgehead atoms. The minimum Gasteiger partial charge on any atom is -0.362 e. The Morgan fingerprint density at radius 2 is 2.11 bits per heavy atom. The summed E-state index contributed by atoms with van der Waals surface area (Å²) in [6.45, 7) is 4.48. The second-order valence-electron chi connectivity index (χ2n) is 4.71. The molecule has 2 atom stereocenters. The van der Waals surface area contributed by atoms with E-state index in [2.05, 4.69) is 49.5 Å². The van der Waals surface area contributed by atoms with Gasteiger partial charge >= 0.3 is 0 Å². The van der Waals surface area contributed by atoms with Crippen molar-refractivity contribution >= 4 is 16.9 Å². The van der Waals surface area contributed by atoms with Gasteiger partial charge in [-0.3, -0.25) is 4.99 Å². The molecule has 0 spiro atoms. The molecule has 0 saturated heterocycles. The Morgan fingerprint density at radius 3 is 2.78 bits per heavy atom. The number of benzene rings is 1. The first-order valence-corrected chi connectivity index (χ1v) is 7.84. The Hall–Kier alpha value is -0.960. The van der Waals surface area contributed by atoms with Gasteiger partial charge in [-0.05, 0) is 18.4 Å². The first kappa shape index (κ1) is 13.5. The highest BCUT2D eigenvalue weighted by Crippen LogP contribution is 2.29. The summed E-state index contributed by atoms with van der Waals surface area (Å²) in [5.74, 6) is 1.06. The zero-order valence-electron chi connectivity index (χ0n) is 11.2. The van der Waals surface area contributed by atoms with E-state index in [0.29, 0.717) is 12.1 Å². The van der Waals surface area contributed by atoms with Gasteiger partial charge in [0.25, 0.3) is 0 Å². The number of rotatable bonds is 5. The van der Waals surface area contributed by atoms with E-state index < -0.39 is 0 Å². The highest BCUT2D eigenvalue weighted by atomic mass is 32.2. The van der Waals surface area contributed by atoms with Crippen molar-refractivity contribution < 1.29 is 0 Å². The summed E-state index contributed by atoms with van der Waals surface area (Å²) in [6.07, 6.45) is 3.63. The molecule has 2 rings (SSSR count). The third-order valence-electron chi connectivity index (χ3n) is 3.29. The van der Waals surface area contributed by atoms with Gasteiger partial charge in [-0.15, -0.1) is 0 Å². The predicted molar refractivity (Wildman–Crippen MR) is 81.2 cm³/mol. The van der Waals surface area contributed by atoms with Crippen molar-refractivity contribution in [1.82, 2.24) is 5.32 Å². The maximum atomic E-state index is 4.80. The molecule has 0 radical (unpaired) electrons. The molecular weight excluding hydrogens is 240 g/mol. The summed E-state index contributed by atoms with van der Waals surface area (Å²) in [5, 5.41) is 4.71. The standard InChI is InChI=1S/C15H22N2S/c1-3-8-13(4-2)16-15-17-14(11-18-15)12-9-6-5-7-10-12/h5-7,9-10,13-14H,3-4,8,11H2,1-2H3,(H,16,17).